The first-order valence-electron chi connectivity index (χ1n) is 10.6. The Labute approximate surface area is 174 Å². The number of benzene rings is 1. The average molecular weight is 414 g/mol. The molecule has 2 fully saturated rings. The van der Waals surface area contributed by atoms with Gasteiger partial charge in [-0.2, -0.15) is 4.31 Å². The molecule has 0 radical (unpaired) electrons. The van der Waals surface area contributed by atoms with Gasteiger partial charge in [-0.15, -0.1) is 0 Å². The van der Waals surface area contributed by atoms with E-state index in [9.17, 15) is 8.42 Å². The number of hydrogen-bond acceptors (Lipinski definition) is 4. The van der Waals surface area contributed by atoms with Crippen LogP contribution in [0.5, 0.6) is 0 Å². The van der Waals surface area contributed by atoms with Gasteiger partial charge in [-0.3, -0.25) is 9.88 Å². The van der Waals surface area contributed by atoms with E-state index in [2.05, 4.69) is 28.9 Å². The van der Waals surface area contributed by atoms with Crippen LogP contribution < -0.4 is 0 Å². The quantitative estimate of drug-likeness (QED) is 0.751. The molecule has 2 aliphatic rings. The highest BCUT2D eigenvalue weighted by atomic mass is 32.2. The molecule has 0 amide bonds. The molecule has 6 heteroatoms. The van der Waals surface area contributed by atoms with Crippen LogP contribution in [0.1, 0.15) is 43.1 Å². The number of aromatic nitrogens is 1. The van der Waals surface area contributed by atoms with Crippen molar-refractivity contribution in [3.63, 3.8) is 0 Å². The van der Waals surface area contributed by atoms with E-state index >= 15 is 0 Å². The molecule has 0 bridgehead atoms. The molecule has 1 atom stereocenters. The maximum absolute atomic E-state index is 13.2. The van der Waals surface area contributed by atoms with E-state index in [4.69, 9.17) is 0 Å². The first kappa shape index (κ1) is 20.5. The van der Waals surface area contributed by atoms with Crippen molar-refractivity contribution in [1.82, 2.24) is 14.2 Å². The zero-order valence-corrected chi connectivity index (χ0v) is 18.3. The number of rotatable bonds is 5. The fraction of sp³-hybridized carbons (Fsp3) is 0.522. The van der Waals surface area contributed by atoms with Gasteiger partial charge in [0.1, 0.15) is 0 Å². The molecular formula is C23H31N3O2S. The Morgan fingerprint density at radius 1 is 1.03 bits per heavy atom. The normalized spacial score (nSPS) is 23.7. The topological polar surface area (TPSA) is 53.5 Å². The van der Waals surface area contributed by atoms with Crippen molar-refractivity contribution in [2.75, 3.05) is 26.2 Å². The van der Waals surface area contributed by atoms with Crippen molar-refractivity contribution in [2.24, 2.45) is 5.41 Å². The Morgan fingerprint density at radius 2 is 1.83 bits per heavy atom. The summed E-state index contributed by atoms with van der Waals surface area (Å²) in [4.78, 5) is 7.52. The summed E-state index contributed by atoms with van der Waals surface area (Å²) in [5.41, 5.74) is 3.37. The molecule has 2 aromatic rings. The van der Waals surface area contributed by atoms with Gasteiger partial charge in [-0.1, -0.05) is 25.1 Å². The van der Waals surface area contributed by atoms with Crippen LogP contribution in [0.2, 0.25) is 0 Å². The van der Waals surface area contributed by atoms with Crippen molar-refractivity contribution in [1.29, 1.82) is 0 Å². The zero-order valence-electron chi connectivity index (χ0n) is 17.5. The van der Waals surface area contributed by atoms with Crippen LogP contribution in [-0.4, -0.2) is 48.8 Å². The molecular weight excluding hydrogens is 382 g/mol. The van der Waals surface area contributed by atoms with Crippen LogP contribution in [0.4, 0.5) is 0 Å². The van der Waals surface area contributed by atoms with Gasteiger partial charge in [0.25, 0.3) is 0 Å². The van der Waals surface area contributed by atoms with Crippen LogP contribution >= 0.6 is 0 Å². The van der Waals surface area contributed by atoms with Gasteiger partial charge in [0, 0.05) is 31.9 Å². The standard InChI is InChI=1S/C23H31N3O2S/c1-3-20-8-10-22(11-9-20)29(27,28)26-15-13-23(18-26)12-5-14-25(17-23)16-21-7-4-6-19(2)24-21/h4,6-11H,3,5,12-18H2,1-2H3. The van der Waals surface area contributed by atoms with Crippen LogP contribution in [0.25, 0.3) is 0 Å². The van der Waals surface area contributed by atoms with E-state index in [1.165, 1.54) is 0 Å². The summed E-state index contributed by atoms with van der Waals surface area (Å²) in [5, 5.41) is 0. The highest BCUT2D eigenvalue weighted by molar-refractivity contribution is 7.89. The molecule has 4 rings (SSSR count). The monoisotopic (exact) mass is 413 g/mol. The summed E-state index contributed by atoms with van der Waals surface area (Å²) in [6.07, 6.45) is 4.08. The Kier molecular flexibility index (Phi) is 5.78. The second-order valence-electron chi connectivity index (χ2n) is 8.67. The number of aryl methyl sites for hydroxylation is 2. The van der Waals surface area contributed by atoms with Crippen LogP contribution in [-0.2, 0) is 23.0 Å². The summed E-state index contributed by atoms with van der Waals surface area (Å²) in [7, 11) is -3.42. The van der Waals surface area contributed by atoms with Crippen molar-refractivity contribution in [2.45, 2.75) is 51.0 Å². The van der Waals surface area contributed by atoms with Gasteiger partial charge < -0.3 is 0 Å². The summed E-state index contributed by atoms with van der Waals surface area (Å²) >= 11 is 0. The summed E-state index contributed by atoms with van der Waals surface area (Å²) in [6, 6.07) is 13.5. The molecule has 3 heterocycles. The third-order valence-electron chi connectivity index (χ3n) is 6.44. The molecule has 1 aromatic carbocycles. The lowest BCUT2D eigenvalue weighted by molar-refractivity contribution is 0.0925. The van der Waals surface area contributed by atoms with Crippen molar-refractivity contribution in [3.8, 4) is 0 Å². The molecule has 0 saturated carbocycles. The van der Waals surface area contributed by atoms with Gasteiger partial charge in [-0.25, -0.2) is 8.42 Å². The first-order valence-corrected chi connectivity index (χ1v) is 12.1. The molecule has 0 N–H and O–H groups in total. The molecule has 1 spiro atoms. The van der Waals surface area contributed by atoms with E-state index in [0.29, 0.717) is 18.0 Å². The summed E-state index contributed by atoms with van der Waals surface area (Å²) in [5.74, 6) is 0. The van der Waals surface area contributed by atoms with Crippen molar-refractivity contribution < 1.29 is 8.42 Å². The summed E-state index contributed by atoms with van der Waals surface area (Å²) < 4.78 is 28.1. The fourth-order valence-corrected chi connectivity index (χ4v) is 6.39. The minimum Gasteiger partial charge on any atom is -0.297 e. The van der Waals surface area contributed by atoms with Gasteiger partial charge in [0.15, 0.2) is 0 Å². The van der Waals surface area contributed by atoms with Gasteiger partial charge >= 0.3 is 0 Å². The Morgan fingerprint density at radius 3 is 2.55 bits per heavy atom. The van der Waals surface area contributed by atoms with E-state index < -0.39 is 10.0 Å². The molecule has 1 aromatic heterocycles. The number of hydrogen-bond donors (Lipinski definition) is 0. The predicted octanol–water partition coefficient (Wildman–Crippen LogP) is 3.63. The van der Waals surface area contributed by atoms with E-state index in [1.807, 2.05) is 25.1 Å². The lowest BCUT2D eigenvalue weighted by Gasteiger charge is -2.40. The SMILES string of the molecule is CCc1ccc(S(=O)(=O)N2CCC3(CCCN(Cc4cccc(C)n4)C3)C2)cc1. The van der Waals surface area contributed by atoms with Crippen LogP contribution in [0.3, 0.4) is 0 Å². The number of nitrogens with zero attached hydrogens (tertiary/aromatic N) is 3. The smallest absolute Gasteiger partial charge is 0.243 e. The third kappa shape index (κ3) is 4.39. The molecule has 2 aliphatic heterocycles. The van der Waals surface area contributed by atoms with Gasteiger partial charge in [0.2, 0.25) is 10.0 Å². The van der Waals surface area contributed by atoms with E-state index in [1.54, 1.807) is 16.4 Å². The van der Waals surface area contributed by atoms with Crippen molar-refractivity contribution in [3.05, 3.63) is 59.4 Å². The minimum atomic E-state index is -3.42. The second kappa shape index (κ2) is 8.17. The highest BCUT2D eigenvalue weighted by Crippen LogP contribution is 2.41. The number of piperidine rings is 1. The minimum absolute atomic E-state index is 0.0680. The molecule has 2 saturated heterocycles. The lowest BCUT2D eigenvalue weighted by atomic mass is 9.79. The largest absolute Gasteiger partial charge is 0.297 e. The molecule has 1 unspecified atom stereocenters. The molecule has 156 valence electrons. The second-order valence-corrected chi connectivity index (χ2v) is 10.6. The molecule has 5 nitrogen and oxygen atoms in total. The maximum atomic E-state index is 13.2. The Hall–Kier alpha value is -1.76. The summed E-state index contributed by atoms with van der Waals surface area (Å²) in [6.45, 7) is 8.19. The lowest BCUT2D eigenvalue weighted by Crippen LogP contribution is -2.45. The van der Waals surface area contributed by atoms with Crippen molar-refractivity contribution >= 4 is 10.0 Å². The average Bonchev–Trinajstić information content (AvgIpc) is 3.12. The first-order chi connectivity index (χ1) is 13.9. The number of sulfonamides is 1. The number of pyridine rings is 1. The van der Waals surface area contributed by atoms with Crippen LogP contribution in [0, 0.1) is 12.3 Å². The molecule has 29 heavy (non-hydrogen) atoms. The van der Waals surface area contributed by atoms with Gasteiger partial charge in [-0.05, 0) is 74.4 Å². The maximum Gasteiger partial charge on any atom is 0.243 e. The van der Waals surface area contributed by atoms with Gasteiger partial charge in [0.05, 0.1) is 10.6 Å². The Bertz CT molecular complexity index is 958. The van der Waals surface area contributed by atoms with Crippen LogP contribution in [0.15, 0.2) is 47.4 Å². The zero-order chi connectivity index (χ0) is 20.5. The van der Waals surface area contributed by atoms with E-state index in [-0.39, 0.29) is 5.41 Å². The molecule has 0 aliphatic carbocycles. The predicted molar refractivity (Wildman–Crippen MR) is 115 cm³/mol. The number of likely N-dealkylation sites (tertiary alicyclic amines) is 1. The third-order valence-corrected chi connectivity index (χ3v) is 8.30. The fourth-order valence-electron chi connectivity index (χ4n) is 4.84. The van der Waals surface area contributed by atoms with E-state index in [0.717, 1.165) is 62.3 Å². The Balaban J connectivity index is 1.45. The highest BCUT2D eigenvalue weighted by Gasteiger charge is 2.45.